The molecule has 4 aromatic rings. The molecule has 0 fully saturated rings. The van der Waals surface area contributed by atoms with Crippen LogP contribution in [0.25, 0.3) is 0 Å². The topological polar surface area (TPSA) is 40.5 Å². The minimum absolute atomic E-state index is 0. The maximum atomic E-state index is 8.94. The molecule has 0 heterocycles. The van der Waals surface area contributed by atoms with E-state index in [-0.39, 0.29) is 26.2 Å². The molecular formula is C26H30O2Zr. The summed E-state index contributed by atoms with van der Waals surface area (Å²) >= 11 is 0. The molecule has 0 atom stereocenters. The van der Waals surface area contributed by atoms with E-state index < -0.39 is 0 Å². The summed E-state index contributed by atoms with van der Waals surface area (Å²) in [5.74, 6) is 0.691. The number of aromatic hydroxyl groups is 2. The van der Waals surface area contributed by atoms with Gasteiger partial charge in [0.05, 0.1) is 0 Å². The smallest absolute Gasteiger partial charge is 0.508 e. The van der Waals surface area contributed by atoms with Crippen LogP contribution in [0.2, 0.25) is 0 Å². The maximum absolute atomic E-state index is 8.94. The standard InChI is InChI=1S/2C8H10O.2C5H5.Zr/c2*1-6-3-4-8(9)5-7(6)2;2*1-2-4-5-3-1;/h2*3-5,9H,1-2H3;2*1-5H;/q;;2*-1;+2. The van der Waals surface area contributed by atoms with E-state index in [0.29, 0.717) is 11.5 Å². The van der Waals surface area contributed by atoms with E-state index in [1.807, 2.05) is 100 Å². The van der Waals surface area contributed by atoms with Crippen LogP contribution < -0.4 is 0 Å². The molecule has 0 amide bonds. The molecule has 4 rings (SSSR count). The molecule has 0 spiro atoms. The second-order valence-corrected chi connectivity index (χ2v) is 6.46. The number of benzene rings is 2. The van der Waals surface area contributed by atoms with Crippen molar-refractivity contribution < 1.29 is 36.4 Å². The van der Waals surface area contributed by atoms with E-state index in [0.717, 1.165) is 11.1 Å². The first kappa shape index (κ1) is 26.6. The van der Waals surface area contributed by atoms with E-state index in [1.165, 1.54) is 11.1 Å². The number of hydrogen-bond acceptors (Lipinski definition) is 2. The number of aryl methyl sites for hydroxylation is 4. The van der Waals surface area contributed by atoms with Crippen molar-refractivity contribution in [3.63, 3.8) is 0 Å². The van der Waals surface area contributed by atoms with Gasteiger partial charge in [0.15, 0.2) is 0 Å². The van der Waals surface area contributed by atoms with Gasteiger partial charge in [-0.3, -0.25) is 0 Å². The number of rotatable bonds is 0. The minimum atomic E-state index is 0. The van der Waals surface area contributed by atoms with Crippen molar-refractivity contribution in [1.29, 1.82) is 0 Å². The maximum Gasteiger partial charge on any atom is 2.00 e. The van der Waals surface area contributed by atoms with E-state index in [9.17, 15) is 0 Å². The van der Waals surface area contributed by atoms with Gasteiger partial charge in [-0.1, -0.05) is 12.1 Å². The van der Waals surface area contributed by atoms with Gasteiger partial charge in [-0.2, -0.15) is 36.4 Å². The average Bonchev–Trinajstić information content (AvgIpc) is 3.41. The number of phenolic OH excluding ortho intramolecular Hbond substituents is 2. The van der Waals surface area contributed by atoms with Gasteiger partial charge in [0.1, 0.15) is 11.5 Å². The Morgan fingerprint density at radius 2 is 0.828 bits per heavy atom. The van der Waals surface area contributed by atoms with Crippen LogP contribution in [0.15, 0.2) is 97.1 Å². The first-order chi connectivity index (χ1) is 13.4. The average molecular weight is 466 g/mol. The van der Waals surface area contributed by atoms with Gasteiger partial charge in [-0.25, -0.2) is 24.3 Å². The first-order valence-electron chi connectivity index (χ1n) is 9.26. The second kappa shape index (κ2) is 15.5. The van der Waals surface area contributed by atoms with E-state index >= 15 is 0 Å². The molecule has 0 aliphatic rings. The minimum Gasteiger partial charge on any atom is -0.508 e. The predicted octanol–water partition coefficient (Wildman–Crippen LogP) is 6.83. The summed E-state index contributed by atoms with van der Waals surface area (Å²) in [7, 11) is 0. The summed E-state index contributed by atoms with van der Waals surface area (Å²) in [4.78, 5) is 0. The third-order valence-electron chi connectivity index (χ3n) is 4.09. The fourth-order valence-electron chi connectivity index (χ4n) is 2.09. The Bertz CT molecular complexity index is 769. The van der Waals surface area contributed by atoms with Gasteiger partial charge in [0.25, 0.3) is 0 Å². The zero-order valence-corrected chi connectivity index (χ0v) is 20.1. The Balaban J connectivity index is 0.000000369. The van der Waals surface area contributed by atoms with Gasteiger partial charge >= 0.3 is 26.2 Å². The summed E-state index contributed by atoms with van der Waals surface area (Å²) < 4.78 is 0. The van der Waals surface area contributed by atoms with E-state index in [4.69, 9.17) is 10.2 Å². The molecule has 3 heteroatoms. The Kier molecular flexibility index (Phi) is 14.3. The van der Waals surface area contributed by atoms with Gasteiger partial charge in [0, 0.05) is 0 Å². The van der Waals surface area contributed by atoms with Crippen molar-refractivity contribution >= 4 is 0 Å². The molecule has 4 aromatic carbocycles. The van der Waals surface area contributed by atoms with Crippen LogP contribution in [-0.2, 0) is 26.2 Å². The molecule has 0 radical (unpaired) electrons. The third-order valence-corrected chi connectivity index (χ3v) is 4.09. The van der Waals surface area contributed by atoms with Crippen LogP contribution >= 0.6 is 0 Å². The summed E-state index contributed by atoms with van der Waals surface area (Å²) in [6.07, 6.45) is 0. The Morgan fingerprint density at radius 3 is 1.00 bits per heavy atom. The molecular weight excluding hydrogens is 436 g/mol. The summed E-state index contributed by atoms with van der Waals surface area (Å²) in [6.45, 7) is 8.01. The van der Waals surface area contributed by atoms with Crippen LogP contribution in [0.1, 0.15) is 22.3 Å². The van der Waals surface area contributed by atoms with Crippen molar-refractivity contribution in [2.75, 3.05) is 0 Å². The van der Waals surface area contributed by atoms with Gasteiger partial charge in [-0.15, -0.1) is 0 Å². The second-order valence-electron chi connectivity index (χ2n) is 6.46. The normalized spacial score (nSPS) is 8.69. The van der Waals surface area contributed by atoms with Gasteiger partial charge in [0.2, 0.25) is 0 Å². The van der Waals surface area contributed by atoms with Gasteiger partial charge in [-0.05, 0) is 74.2 Å². The van der Waals surface area contributed by atoms with Crippen molar-refractivity contribution in [2.45, 2.75) is 27.7 Å². The van der Waals surface area contributed by atoms with Crippen LogP contribution in [0.4, 0.5) is 0 Å². The van der Waals surface area contributed by atoms with Crippen molar-refractivity contribution in [1.82, 2.24) is 0 Å². The van der Waals surface area contributed by atoms with E-state index in [2.05, 4.69) is 0 Å². The molecule has 0 saturated carbocycles. The molecule has 0 aliphatic heterocycles. The zero-order valence-electron chi connectivity index (χ0n) is 17.6. The van der Waals surface area contributed by atoms with Crippen LogP contribution in [-0.4, -0.2) is 10.2 Å². The SMILES string of the molecule is Cc1ccc(O)cc1C.Cc1ccc(O)cc1C.[Zr+2].c1cc[cH-]c1.c1cc[cH-]c1. The van der Waals surface area contributed by atoms with Crippen LogP contribution in [0.5, 0.6) is 11.5 Å². The van der Waals surface area contributed by atoms with Crippen LogP contribution in [0.3, 0.4) is 0 Å². The predicted molar refractivity (Wildman–Crippen MR) is 119 cm³/mol. The van der Waals surface area contributed by atoms with E-state index in [1.54, 1.807) is 24.3 Å². The van der Waals surface area contributed by atoms with Gasteiger partial charge < -0.3 is 10.2 Å². The largest absolute Gasteiger partial charge is 2.00 e. The molecule has 0 aromatic heterocycles. The summed E-state index contributed by atoms with van der Waals surface area (Å²) in [5, 5.41) is 17.9. The molecule has 2 nitrogen and oxygen atoms in total. The third kappa shape index (κ3) is 12.6. The quantitative estimate of drug-likeness (QED) is 0.280. The fraction of sp³-hybridized carbons (Fsp3) is 0.154. The number of hydrogen-bond donors (Lipinski definition) is 2. The molecule has 0 saturated heterocycles. The summed E-state index contributed by atoms with van der Waals surface area (Å²) in [5.41, 5.74) is 4.70. The number of phenols is 2. The Labute approximate surface area is 194 Å². The molecule has 0 bridgehead atoms. The summed E-state index contributed by atoms with van der Waals surface area (Å²) in [6, 6.07) is 30.7. The zero-order chi connectivity index (χ0) is 20.8. The van der Waals surface area contributed by atoms with Crippen molar-refractivity contribution in [3.8, 4) is 11.5 Å². The first-order valence-corrected chi connectivity index (χ1v) is 9.26. The molecule has 150 valence electrons. The molecule has 29 heavy (non-hydrogen) atoms. The Hall–Kier alpha value is -2.38. The Morgan fingerprint density at radius 1 is 0.517 bits per heavy atom. The molecule has 2 N–H and O–H groups in total. The monoisotopic (exact) mass is 464 g/mol. The molecule has 0 unspecified atom stereocenters. The fourth-order valence-corrected chi connectivity index (χ4v) is 2.09. The van der Waals surface area contributed by atoms with Crippen molar-refractivity contribution in [2.24, 2.45) is 0 Å². The molecule has 0 aliphatic carbocycles. The van der Waals surface area contributed by atoms with Crippen LogP contribution in [0, 0.1) is 27.7 Å². The van der Waals surface area contributed by atoms with Crippen molar-refractivity contribution in [3.05, 3.63) is 119 Å².